The average Bonchev–Trinajstić information content (AvgIpc) is 1.91. The third-order valence-corrected chi connectivity index (χ3v) is 1.24. The Morgan fingerprint density at radius 3 is 2.30 bits per heavy atom. The smallest absolute Gasteiger partial charge is 0.192 e. The topological polar surface area (TPSA) is 0 Å². The molecule has 1 aromatic rings. The maximum Gasteiger partial charge on any atom is 1.00 e. The van der Waals surface area contributed by atoms with Crippen LogP contribution in [-0.4, -0.2) is 0 Å². The van der Waals surface area contributed by atoms with Gasteiger partial charge in [-0.2, -0.15) is 24.1 Å². The molecule has 0 spiro atoms. The molecule has 10 heavy (non-hydrogen) atoms. The molecule has 0 amide bonds. The molecule has 0 aromatic heterocycles. The largest absolute Gasteiger partial charge is 1.00 e. The summed E-state index contributed by atoms with van der Waals surface area (Å²) < 4.78 is 0. The van der Waals surface area contributed by atoms with Gasteiger partial charge in [0, 0.05) is 0 Å². The van der Waals surface area contributed by atoms with Crippen LogP contribution in [0.15, 0.2) is 30.3 Å². The van der Waals surface area contributed by atoms with Gasteiger partial charge in [-0.3, -0.25) is 0 Å². The third kappa shape index (κ3) is 3.79. The van der Waals surface area contributed by atoms with E-state index in [1.165, 1.54) is 5.56 Å². The van der Waals surface area contributed by atoms with Crippen LogP contribution in [0.1, 0.15) is 18.9 Å². The quantitative estimate of drug-likeness (QED) is 0.408. The van der Waals surface area contributed by atoms with E-state index >= 15 is 0 Å². The molecule has 0 bridgehead atoms. The van der Waals surface area contributed by atoms with Crippen molar-refractivity contribution >= 4 is 0 Å². The molecular formula is C9H11K. The third-order valence-electron chi connectivity index (χ3n) is 1.24. The van der Waals surface area contributed by atoms with E-state index in [1.807, 2.05) is 6.07 Å². The van der Waals surface area contributed by atoms with Crippen molar-refractivity contribution in [3.05, 3.63) is 42.3 Å². The van der Waals surface area contributed by atoms with Gasteiger partial charge in [-0.25, -0.2) is 0 Å². The minimum atomic E-state index is 0. The van der Waals surface area contributed by atoms with E-state index in [2.05, 4.69) is 37.6 Å². The monoisotopic (exact) mass is 158 g/mol. The number of hydrogen-bond acceptors (Lipinski definition) is 0. The number of rotatable bonds is 2. The fourth-order valence-electron chi connectivity index (χ4n) is 0.825. The molecule has 0 aliphatic carbocycles. The fraction of sp³-hybridized carbons (Fsp3) is 0.222. The maximum absolute atomic E-state index is 2.21. The molecule has 0 fully saturated rings. The minimum Gasteiger partial charge on any atom is -0.192 e. The fourth-order valence-corrected chi connectivity index (χ4v) is 0.825. The van der Waals surface area contributed by atoms with E-state index in [9.17, 15) is 0 Å². The van der Waals surface area contributed by atoms with Crippen LogP contribution >= 0.6 is 0 Å². The maximum atomic E-state index is 2.21. The van der Waals surface area contributed by atoms with Crippen LogP contribution in [0.3, 0.4) is 0 Å². The van der Waals surface area contributed by atoms with E-state index < -0.39 is 0 Å². The first kappa shape index (κ1) is 10.7. The molecule has 0 heterocycles. The summed E-state index contributed by atoms with van der Waals surface area (Å²) in [6, 6.07) is 10.4. The molecule has 0 N–H and O–H groups in total. The first-order valence-corrected chi connectivity index (χ1v) is 3.31. The molecule has 0 nitrogen and oxygen atoms in total. The molecular weight excluding hydrogens is 147 g/mol. The Morgan fingerprint density at radius 2 is 1.80 bits per heavy atom. The Hall–Kier alpha value is 0.726. The molecule has 48 valence electrons. The Kier molecular flexibility index (Phi) is 6.91. The summed E-state index contributed by atoms with van der Waals surface area (Å²) >= 11 is 0. The summed E-state index contributed by atoms with van der Waals surface area (Å²) in [6.07, 6.45) is 3.32. The molecule has 1 aromatic carbocycles. The molecule has 0 saturated carbocycles. The van der Waals surface area contributed by atoms with Crippen molar-refractivity contribution in [2.24, 2.45) is 0 Å². The Bertz CT molecular complexity index is 158. The summed E-state index contributed by atoms with van der Waals surface area (Å²) in [4.78, 5) is 0. The Labute approximate surface area is 105 Å². The van der Waals surface area contributed by atoms with Gasteiger partial charge >= 0.3 is 51.4 Å². The Morgan fingerprint density at radius 1 is 1.20 bits per heavy atom. The van der Waals surface area contributed by atoms with E-state index in [0.717, 1.165) is 6.42 Å². The van der Waals surface area contributed by atoms with Gasteiger partial charge in [-0.15, -0.1) is 12.1 Å². The molecule has 0 atom stereocenters. The summed E-state index contributed by atoms with van der Waals surface area (Å²) in [7, 11) is 0. The zero-order chi connectivity index (χ0) is 6.53. The molecule has 0 aliphatic rings. The van der Waals surface area contributed by atoms with E-state index in [-0.39, 0.29) is 51.4 Å². The van der Waals surface area contributed by atoms with E-state index in [1.54, 1.807) is 0 Å². The van der Waals surface area contributed by atoms with Crippen LogP contribution in [0.2, 0.25) is 0 Å². The number of hydrogen-bond donors (Lipinski definition) is 0. The Balaban J connectivity index is 0.000000810. The van der Waals surface area contributed by atoms with Crippen molar-refractivity contribution in [2.45, 2.75) is 13.3 Å². The first-order valence-electron chi connectivity index (χ1n) is 3.31. The normalized spacial score (nSPS) is 8.10. The molecule has 0 aliphatic heterocycles. The van der Waals surface area contributed by atoms with Crippen molar-refractivity contribution in [1.29, 1.82) is 0 Å². The van der Waals surface area contributed by atoms with Crippen LogP contribution in [0.5, 0.6) is 0 Å². The molecule has 0 saturated heterocycles. The average molecular weight is 158 g/mol. The SMILES string of the molecule is CC[CH-]c1ccccc1.[K+]. The summed E-state index contributed by atoms with van der Waals surface area (Å²) in [6.45, 7) is 2.15. The molecule has 0 radical (unpaired) electrons. The van der Waals surface area contributed by atoms with Crippen molar-refractivity contribution in [2.75, 3.05) is 0 Å². The van der Waals surface area contributed by atoms with Gasteiger partial charge in [0.25, 0.3) is 0 Å². The van der Waals surface area contributed by atoms with Gasteiger partial charge in [-0.1, -0.05) is 19.4 Å². The second-order valence-electron chi connectivity index (χ2n) is 2.02. The zero-order valence-corrected chi connectivity index (χ0v) is 9.79. The van der Waals surface area contributed by atoms with Crippen LogP contribution < -0.4 is 51.4 Å². The van der Waals surface area contributed by atoms with E-state index in [0.29, 0.717) is 0 Å². The van der Waals surface area contributed by atoms with Gasteiger partial charge in [0.1, 0.15) is 0 Å². The van der Waals surface area contributed by atoms with Crippen molar-refractivity contribution in [3.63, 3.8) is 0 Å². The summed E-state index contributed by atoms with van der Waals surface area (Å²) in [5, 5.41) is 0. The second-order valence-corrected chi connectivity index (χ2v) is 2.02. The first-order chi connectivity index (χ1) is 4.43. The van der Waals surface area contributed by atoms with Crippen LogP contribution in [-0.2, 0) is 0 Å². The molecule has 1 rings (SSSR count). The number of benzene rings is 1. The van der Waals surface area contributed by atoms with Gasteiger partial charge < -0.3 is 0 Å². The van der Waals surface area contributed by atoms with Gasteiger partial charge in [0.05, 0.1) is 0 Å². The van der Waals surface area contributed by atoms with E-state index in [4.69, 9.17) is 0 Å². The van der Waals surface area contributed by atoms with Crippen molar-refractivity contribution < 1.29 is 51.4 Å². The summed E-state index contributed by atoms with van der Waals surface area (Å²) in [5.74, 6) is 0. The van der Waals surface area contributed by atoms with Gasteiger partial charge in [0.2, 0.25) is 0 Å². The van der Waals surface area contributed by atoms with Crippen LogP contribution in [0.4, 0.5) is 0 Å². The van der Waals surface area contributed by atoms with Crippen molar-refractivity contribution in [1.82, 2.24) is 0 Å². The predicted molar refractivity (Wildman–Crippen MR) is 40.1 cm³/mol. The zero-order valence-electron chi connectivity index (χ0n) is 6.67. The van der Waals surface area contributed by atoms with Crippen LogP contribution in [0.25, 0.3) is 0 Å². The van der Waals surface area contributed by atoms with Crippen molar-refractivity contribution in [3.8, 4) is 0 Å². The standard InChI is InChI=1S/C9H11.K/c1-2-6-9-7-4-3-5-8-9;/h3-8H,2H2,1H3;/q-1;+1. The van der Waals surface area contributed by atoms with Gasteiger partial charge in [0.15, 0.2) is 0 Å². The minimum absolute atomic E-state index is 0. The molecule has 1 heteroatoms. The molecule has 0 unspecified atom stereocenters. The summed E-state index contributed by atoms with van der Waals surface area (Å²) in [5.41, 5.74) is 1.32. The predicted octanol–water partition coefficient (Wildman–Crippen LogP) is -0.347. The van der Waals surface area contributed by atoms with Gasteiger partial charge in [-0.05, 0) is 0 Å². The van der Waals surface area contributed by atoms with Crippen LogP contribution in [0, 0.1) is 6.42 Å². The second kappa shape index (κ2) is 6.44.